The first kappa shape index (κ1) is 24.5. The Bertz CT molecular complexity index is 1410. The number of carbonyl (C=O) groups is 3. The van der Waals surface area contributed by atoms with E-state index in [-0.39, 0.29) is 31.1 Å². The van der Waals surface area contributed by atoms with Crippen LogP contribution in [0.15, 0.2) is 48.7 Å². The monoisotopic (exact) mass is 511 g/mol. The first-order valence-corrected chi connectivity index (χ1v) is 11.7. The van der Waals surface area contributed by atoms with Crippen molar-refractivity contribution in [1.82, 2.24) is 19.6 Å². The fourth-order valence-electron chi connectivity index (χ4n) is 4.83. The second-order valence-corrected chi connectivity index (χ2v) is 9.10. The van der Waals surface area contributed by atoms with E-state index in [1.807, 2.05) is 11.8 Å². The maximum Gasteiger partial charge on any atom is 0.417 e. The highest BCUT2D eigenvalue weighted by Gasteiger charge is 2.40. The van der Waals surface area contributed by atoms with Gasteiger partial charge in [0, 0.05) is 44.5 Å². The van der Waals surface area contributed by atoms with E-state index in [9.17, 15) is 27.6 Å². The summed E-state index contributed by atoms with van der Waals surface area (Å²) in [7, 11) is 1.78. The smallest absolute Gasteiger partial charge is 0.367 e. The Hall–Kier alpha value is -4.15. The third kappa shape index (κ3) is 4.24. The van der Waals surface area contributed by atoms with Gasteiger partial charge in [0.2, 0.25) is 0 Å². The van der Waals surface area contributed by atoms with Gasteiger partial charge in [-0.2, -0.15) is 18.3 Å². The number of rotatable bonds is 4. The Morgan fingerprint density at radius 1 is 0.973 bits per heavy atom. The number of aromatic nitrogens is 2. The number of carbonyl (C=O) groups excluding carboxylic acids is 3. The van der Waals surface area contributed by atoms with Crippen LogP contribution < -0.4 is 4.90 Å². The number of imide groups is 1. The van der Waals surface area contributed by atoms with Crippen LogP contribution in [-0.4, -0.2) is 63.5 Å². The minimum absolute atomic E-state index is 0.104. The number of amides is 3. The van der Waals surface area contributed by atoms with Crippen molar-refractivity contribution in [2.24, 2.45) is 7.05 Å². The summed E-state index contributed by atoms with van der Waals surface area (Å²) >= 11 is 0. The third-order valence-electron chi connectivity index (χ3n) is 7.01. The number of benzene rings is 2. The third-order valence-corrected chi connectivity index (χ3v) is 7.01. The van der Waals surface area contributed by atoms with E-state index in [1.165, 1.54) is 28.0 Å². The van der Waals surface area contributed by atoms with E-state index >= 15 is 0 Å². The standard InChI is InChI=1S/C26H24F3N5O3/c1-16-17(14-30-31(16)2)15-34-24(36)19-7-5-9-21(22(19)25(34)37)32-10-12-33(13-11-32)23(35)18-6-3-4-8-20(18)26(27,28)29/h3-9,14H,10-13,15H2,1-2H3. The molecule has 2 aliphatic rings. The lowest BCUT2D eigenvalue weighted by atomic mass is 10.0. The zero-order valence-corrected chi connectivity index (χ0v) is 20.2. The molecule has 1 aromatic heterocycles. The van der Waals surface area contributed by atoms with Crippen LogP contribution in [0.1, 0.15) is 47.9 Å². The molecule has 11 heteroatoms. The van der Waals surface area contributed by atoms with Crippen molar-refractivity contribution in [1.29, 1.82) is 0 Å². The first-order valence-electron chi connectivity index (χ1n) is 11.7. The first-order chi connectivity index (χ1) is 17.6. The summed E-state index contributed by atoms with van der Waals surface area (Å²) in [5, 5.41) is 4.17. The van der Waals surface area contributed by atoms with Gasteiger partial charge in [-0.05, 0) is 31.2 Å². The molecule has 8 nitrogen and oxygen atoms in total. The van der Waals surface area contributed by atoms with Gasteiger partial charge in [0.25, 0.3) is 17.7 Å². The molecule has 0 saturated carbocycles. The Kier molecular flexibility index (Phi) is 6.01. The van der Waals surface area contributed by atoms with Gasteiger partial charge < -0.3 is 9.80 Å². The van der Waals surface area contributed by atoms with Crippen LogP contribution >= 0.6 is 0 Å². The Morgan fingerprint density at radius 2 is 1.68 bits per heavy atom. The topological polar surface area (TPSA) is 78.8 Å². The summed E-state index contributed by atoms with van der Waals surface area (Å²) in [6, 6.07) is 9.82. The van der Waals surface area contributed by atoms with Gasteiger partial charge in [-0.1, -0.05) is 18.2 Å². The number of anilines is 1. The number of hydrogen-bond acceptors (Lipinski definition) is 5. The van der Waals surface area contributed by atoms with Crippen molar-refractivity contribution in [3.8, 4) is 0 Å². The second-order valence-electron chi connectivity index (χ2n) is 9.10. The average Bonchev–Trinajstić information content (AvgIpc) is 3.34. The Labute approximate surface area is 210 Å². The molecule has 2 aliphatic heterocycles. The summed E-state index contributed by atoms with van der Waals surface area (Å²) in [4.78, 5) is 43.9. The maximum atomic E-state index is 13.4. The van der Waals surface area contributed by atoms with Gasteiger partial charge >= 0.3 is 6.18 Å². The molecule has 192 valence electrons. The molecule has 3 aromatic rings. The zero-order chi connectivity index (χ0) is 26.5. The number of fused-ring (bicyclic) bond motifs is 1. The highest BCUT2D eigenvalue weighted by atomic mass is 19.4. The van der Waals surface area contributed by atoms with Gasteiger partial charge in [0.15, 0.2) is 0 Å². The molecule has 0 aliphatic carbocycles. The SMILES string of the molecule is Cc1c(CN2C(=O)c3cccc(N4CCN(C(=O)c5ccccc5C(F)(F)F)CC4)c3C2=O)cnn1C. The molecule has 0 unspecified atom stereocenters. The van der Waals surface area contributed by atoms with Crippen molar-refractivity contribution in [2.45, 2.75) is 19.6 Å². The van der Waals surface area contributed by atoms with Gasteiger partial charge in [-0.15, -0.1) is 0 Å². The molecule has 1 fully saturated rings. The Balaban J connectivity index is 1.34. The van der Waals surface area contributed by atoms with Gasteiger partial charge in [-0.3, -0.25) is 24.0 Å². The predicted molar refractivity (Wildman–Crippen MR) is 128 cm³/mol. The minimum atomic E-state index is -4.63. The van der Waals surface area contributed by atoms with Crippen LogP contribution in [0.25, 0.3) is 0 Å². The number of piperazine rings is 1. The highest BCUT2D eigenvalue weighted by molar-refractivity contribution is 6.23. The summed E-state index contributed by atoms with van der Waals surface area (Å²) in [6.45, 7) is 2.93. The molecule has 37 heavy (non-hydrogen) atoms. The molecule has 3 amide bonds. The largest absolute Gasteiger partial charge is 0.417 e. The quantitative estimate of drug-likeness (QED) is 0.501. The zero-order valence-electron chi connectivity index (χ0n) is 20.2. The average molecular weight is 512 g/mol. The highest BCUT2D eigenvalue weighted by Crippen LogP contribution is 2.35. The maximum absolute atomic E-state index is 13.4. The van der Waals surface area contributed by atoms with Crippen molar-refractivity contribution in [3.63, 3.8) is 0 Å². The summed E-state index contributed by atoms with van der Waals surface area (Å²) in [5.74, 6) is -1.48. The van der Waals surface area contributed by atoms with E-state index in [1.54, 1.807) is 36.1 Å². The number of hydrogen-bond donors (Lipinski definition) is 0. The normalized spacial score (nSPS) is 16.0. The fourth-order valence-corrected chi connectivity index (χ4v) is 4.83. The molecule has 3 heterocycles. The summed E-state index contributed by atoms with van der Waals surface area (Å²) in [6.07, 6.45) is -3.00. The van der Waals surface area contributed by atoms with Crippen molar-refractivity contribution in [2.75, 3.05) is 31.1 Å². The minimum Gasteiger partial charge on any atom is -0.367 e. The lowest BCUT2D eigenvalue weighted by Crippen LogP contribution is -2.49. The summed E-state index contributed by atoms with van der Waals surface area (Å²) < 4.78 is 41.9. The number of aryl methyl sites for hydroxylation is 1. The van der Waals surface area contributed by atoms with Gasteiger partial charge in [0.05, 0.1) is 40.7 Å². The molecule has 0 N–H and O–H groups in total. The van der Waals surface area contributed by atoms with Crippen LogP contribution in [0.3, 0.4) is 0 Å². The lowest BCUT2D eigenvalue weighted by molar-refractivity contribution is -0.138. The van der Waals surface area contributed by atoms with Crippen LogP contribution in [0.5, 0.6) is 0 Å². The van der Waals surface area contributed by atoms with Crippen LogP contribution in [0.4, 0.5) is 18.9 Å². The van der Waals surface area contributed by atoms with Crippen molar-refractivity contribution < 1.29 is 27.6 Å². The molecule has 5 rings (SSSR count). The van der Waals surface area contributed by atoms with E-state index < -0.39 is 23.6 Å². The lowest BCUT2D eigenvalue weighted by Gasteiger charge is -2.37. The molecular weight excluding hydrogens is 487 g/mol. The van der Waals surface area contributed by atoms with Crippen LogP contribution in [-0.2, 0) is 19.8 Å². The number of nitrogens with zero attached hydrogens (tertiary/aromatic N) is 5. The molecule has 0 spiro atoms. The molecule has 2 aromatic carbocycles. The van der Waals surface area contributed by atoms with E-state index in [2.05, 4.69) is 5.10 Å². The number of halogens is 3. The molecule has 0 bridgehead atoms. The molecule has 0 radical (unpaired) electrons. The molecular formula is C26H24F3N5O3. The van der Waals surface area contributed by atoms with E-state index in [4.69, 9.17) is 0 Å². The number of alkyl halides is 3. The molecule has 0 atom stereocenters. The van der Waals surface area contributed by atoms with Crippen molar-refractivity contribution >= 4 is 23.4 Å². The van der Waals surface area contributed by atoms with Crippen LogP contribution in [0.2, 0.25) is 0 Å². The van der Waals surface area contributed by atoms with E-state index in [0.717, 1.165) is 17.3 Å². The van der Waals surface area contributed by atoms with Gasteiger partial charge in [0.1, 0.15) is 0 Å². The summed E-state index contributed by atoms with van der Waals surface area (Å²) in [5.41, 5.74) is 1.46. The van der Waals surface area contributed by atoms with E-state index in [0.29, 0.717) is 29.9 Å². The predicted octanol–water partition coefficient (Wildman–Crippen LogP) is 3.51. The van der Waals surface area contributed by atoms with Crippen molar-refractivity contribution in [3.05, 3.63) is 82.2 Å². The van der Waals surface area contributed by atoms with Crippen LogP contribution in [0, 0.1) is 6.92 Å². The molecule has 1 saturated heterocycles. The Morgan fingerprint density at radius 3 is 2.32 bits per heavy atom. The fraction of sp³-hybridized carbons (Fsp3) is 0.308. The second kappa shape index (κ2) is 9.06. The van der Waals surface area contributed by atoms with Gasteiger partial charge in [-0.25, -0.2) is 0 Å².